The number of esters is 1. The topological polar surface area (TPSA) is 112 Å². The number of cyclic esters (lactones) is 1. The summed E-state index contributed by atoms with van der Waals surface area (Å²) in [5, 5.41) is 4.29. The number of aromatic nitrogens is 3. The van der Waals surface area contributed by atoms with Crippen LogP contribution in [0.2, 0.25) is 0 Å². The molecule has 0 saturated heterocycles. The van der Waals surface area contributed by atoms with Crippen LogP contribution >= 0.6 is 0 Å². The minimum Gasteiger partial charge on any atom is -0.471 e. The minimum absolute atomic E-state index is 0.0526. The summed E-state index contributed by atoms with van der Waals surface area (Å²) < 4.78 is 37.3. The Hall–Kier alpha value is -3.40. The highest BCUT2D eigenvalue weighted by Gasteiger charge is 2.31. The molecule has 10 heteroatoms. The normalized spacial score (nSPS) is 18.4. The monoisotopic (exact) mass is 471 g/mol. The van der Waals surface area contributed by atoms with Gasteiger partial charge < -0.3 is 20.5 Å². The summed E-state index contributed by atoms with van der Waals surface area (Å²) in [5.41, 5.74) is 7.37. The predicted octanol–water partition coefficient (Wildman–Crippen LogP) is 4.66. The van der Waals surface area contributed by atoms with Gasteiger partial charge in [-0.1, -0.05) is 6.92 Å². The maximum atomic E-state index is 13.3. The Balaban J connectivity index is 1.72. The number of nitrogens with two attached hydrogens (primary N) is 1. The number of halogens is 2. The van der Waals surface area contributed by atoms with Crippen LogP contribution < -0.4 is 15.8 Å². The first kappa shape index (κ1) is 23.7. The first-order valence-corrected chi connectivity index (χ1v) is 10.9. The van der Waals surface area contributed by atoms with Crippen molar-refractivity contribution in [2.45, 2.75) is 58.1 Å². The number of anilines is 2. The molecule has 3 aromatic rings. The van der Waals surface area contributed by atoms with Crippen molar-refractivity contribution in [1.29, 1.82) is 0 Å². The first-order chi connectivity index (χ1) is 15.8. The number of carbonyl (C=O) groups excluding carboxylic acids is 1. The molecule has 8 nitrogen and oxygen atoms in total. The molecule has 0 unspecified atom stereocenters. The zero-order valence-electron chi connectivity index (χ0n) is 19.6. The number of carbonyl (C=O) groups is 1. The Bertz CT molecular complexity index is 1250. The molecule has 34 heavy (non-hydrogen) atoms. The highest BCUT2D eigenvalue weighted by molar-refractivity contribution is 5.93. The van der Waals surface area contributed by atoms with Gasteiger partial charge in [0, 0.05) is 30.8 Å². The molecule has 0 bridgehead atoms. The Kier molecular flexibility index (Phi) is 5.89. The Labute approximate surface area is 195 Å². The van der Waals surface area contributed by atoms with Gasteiger partial charge in [-0.3, -0.25) is 0 Å². The number of fused-ring (bicyclic) bond motifs is 2. The van der Waals surface area contributed by atoms with Crippen molar-refractivity contribution in [3.8, 4) is 5.88 Å². The van der Waals surface area contributed by atoms with Gasteiger partial charge in [0.05, 0.1) is 16.6 Å². The molecule has 2 atom stereocenters. The highest BCUT2D eigenvalue weighted by atomic mass is 19.3. The van der Waals surface area contributed by atoms with E-state index in [0.29, 0.717) is 39.2 Å². The molecule has 0 saturated carbocycles. The molecule has 4 heterocycles. The van der Waals surface area contributed by atoms with Gasteiger partial charge in [-0.15, -0.1) is 0 Å². The maximum absolute atomic E-state index is 13.3. The molecule has 0 aromatic carbocycles. The number of hydrogen-bond acceptors (Lipinski definition) is 8. The summed E-state index contributed by atoms with van der Waals surface area (Å²) in [4.78, 5) is 25.4. The van der Waals surface area contributed by atoms with Crippen LogP contribution in [0.4, 0.5) is 20.4 Å². The van der Waals surface area contributed by atoms with Gasteiger partial charge in [-0.25, -0.2) is 28.5 Å². The zero-order valence-corrected chi connectivity index (χ0v) is 19.6. The highest BCUT2D eigenvalue weighted by Crippen LogP contribution is 2.34. The minimum atomic E-state index is -3.01. The van der Waals surface area contributed by atoms with E-state index in [4.69, 9.17) is 15.2 Å². The zero-order chi connectivity index (χ0) is 24.8. The summed E-state index contributed by atoms with van der Waals surface area (Å²) in [6.45, 7) is 7.40. The van der Waals surface area contributed by atoms with E-state index in [1.165, 1.54) is 12.4 Å². The van der Waals surface area contributed by atoms with E-state index >= 15 is 0 Å². The van der Waals surface area contributed by atoms with Crippen molar-refractivity contribution in [2.24, 2.45) is 5.73 Å². The first-order valence-electron chi connectivity index (χ1n) is 10.9. The molecule has 3 N–H and O–H groups in total. The van der Waals surface area contributed by atoms with Crippen molar-refractivity contribution < 1.29 is 23.0 Å². The number of nitrogens with zero attached hydrogens (tertiary/aromatic N) is 3. The molecule has 1 aliphatic rings. The van der Waals surface area contributed by atoms with E-state index in [9.17, 15) is 13.6 Å². The smallest absolute Gasteiger partial charge is 0.340 e. The lowest BCUT2D eigenvalue weighted by molar-refractivity contribution is -0.0237. The molecule has 0 fully saturated rings. The molecule has 4 rings (SSSR count). The Morgan fingerprint density at radius 3 is 2.53 bits per heavy atom. The van der Waals surface area contributed by atoms with Gasteiger partial charge in [-0.2, -0.15) is 0 Å². The van der Waals surface area contributed by atoms with Crippen molar-refractivity contribution in [2.75, 3.05) is 11.9 Å². The van der Waals surface area contributed by atoms with Gasteiger partial charge in [0.1, 0.15) is 17.7 Å². The fourth-order valence-corrected chi connectivity index (χ4v) is 3.75. The number of pyridine rings is 3. The fraction of sp³-hybridized carbons (Fsp3) is 0.417. The quantitative estimate of drug-likeness (QED) is 0.499. The molecule has 0 spiro atoms. The molecule has 1 aliphatic heterocycles. The lowest BCUT2D eigenvalue weighted by Gasteiger charge is -2.27. The van der Waals surface area contributed by atoms with Crippen molar-refractivity contribution in [1.82, 2.24) is 15.0 Å². The van der Waals surface area contributed by atoms with Crippen LogP contribution in [0.3, 0.4) is 0 Å². The third kappa shape index (κ3) is 4.77. The van der Waals surface area contributed by atoms with Gasteiger partial charge in [0.15, 0.2) is 6.61 Å². The van der Waals surface area contributed by atoms with Gasteiger partial charge >= 0.3 is 5.97 Å². The summed E-state index contributed by atoms with van der Waals surface area (Å²) in [6, 6.07) is 5.10. The predicted molar refractivity (Wildman–Crippen MR) is 124 cm³/mol. The number of hydrogen-bond donors (Lipinski definition) is 2. The third-order valence-corrected chi connectivity index (χ3v) is 5.72. The van der Waals surface area contributed by atoms with E-state index < -0.39 is 24.0 Å². The third-order valence-electron chi connectivity index (χ3n) is 5.72. The van der Waals surface area contributed by atoms with Crippen LogP contribution in [-0.2, 0) is 10.3 Å². The summed E-state index contributed by atoms with van der Waals surface area (Å²) in [7, 11) is 0. The van der Waals surface area contributed by atoms with E-state index in [2.05, 4.69) is 20.3 Å². The average molecular weight is 472 g/mol. The van der Waals surface area contributed by atoms with Crippen LogP contribution in [-0.4, -0.2) is 39.6 Å². The van der Waals surface area contributed by atoms with Crippen molar-refractivity contribution >= 4 is 28.4 Å². The van der Waals surface area contributed by atoms with E-state index in [-0.39, 0.29) is 17.9 Å². The van der Waals surface area contributed by atoms with E-state index in [1.807, 2.05) is 27.7 Å². The second-order valence-corrected chi connectivity index (χ2v) is 9.33. The second-order valence-electron chi connectivity index (χ2n) is 9.33. The van der Waals surface area contributed by atoms with Crippen molar-refractivity contribution in [3.63, 3.8) is 0 Å². The van der Waals surface area contributed by atoms with Gasteiger partial charge in [0.2, 0.25) is 5.88 Å². The van der Waals surface area contributed by atoms with Gasteiger partial charge in [-0.05, 0) is 49.9 Å². The van der Waals surface area contributed by atoms with Crippen LogP contribution in [0, 0.1) is 0 Å². The number of ether oxygens (including phenoxy) is 2. The van der Waals surface area contributed by atoms with Crippen LogP contribution in [0.15, 0.2) is 30.6 Å². The molecule has 0 amide bonds. The summed E-state index contributed by atoms with van der Waals surface area (Å²) in [6.07, 6.45) is 2.75. The molecule has 0 radical (unpaired) electrons. The number of nitrogens with one attached hydrogen (secondary N) is 1. The Morgan fingerprint density at radius 1 is 1.12 bits per heavy atom. The maximum Gasteiger partial charge on any atom is 0.340 e. The molecular weight excluding hydrogens is 444 g/mol. The lowest BCUT2D eigenvalue weighted by Crippen LogP contribution is -2.29. The summed E-state index contributed by atoms with van der Waals surface area (Å²) in [5.74, 6) is -2.45. The number of rotatable bonds is 6. The summed E-state index contributed by atoms with van der Waals surface area (Å²) >= 11 is 0. The van der Waals surface area contributed by atoms with Crippen LogP contribution in [0.1, 0.15) is 62.2 Å². The molecule has 3 aromatic heterocycles. The van der Waals surface area contributed by atoms with Crippen LogP contribution in [0.5, 0.6) is 5.88 Å². The van der Waals surface area contributed by atoms with Crippen molar-refractivity contribution in [3.05, 3.63) is 47.4 Å². The van der Waals surface area contributed by atoms with Gasteiger partial charge in [0.25, 0.3) is 5.92 Å². The average Bonchev–Trinajstić information content (AvgIpc) is 2.74. The number of alkyl halides is 2. The molecule has 0 aliphatic carbocycles. The Morgan fingerprint density at radius 2 is 1.85 bits per heavy atom. The second kappa shape index (κ2) is 8.43. The molecule has 180 valence electrons. The fourth-order valence-electron chi connectivity index (χ4n) is 3.75. The SMILES string of the molecule is C[C@@H]1OC(=O)c2ccc(Nc3cc4c(C(C)(C)N)cnc(OCC(C)(F)F)c4cn3)nc2[C@H]1C. The largest absolute Gasteiger partial charge is 0.471 e. The standard InChI is InChI=1S/C24H27F2N5O3/c1-12-13(2)34-22(32)14-6-7-18(31-20(12)14)30-19-8-15-16(9-28-19)21(33-11-24(5,25)26)29-10-17(15)23(3,4)27/h6-10,12-13H,11,27H2,1-5H3,(H,28,30,31)/t12-,13-/m0/s1. The van der Waals surface area contributed by atoms with E-state index in [1.54, 1.807) is 18.2 Å². The molecular formula is C24H27F2N5O3. The lowest BCUT2D eigenvalue weighted by atomic mass is 9.93. The van der Waals surface area contributed by atoms with Crippen LogP contribution in [0.25, 0.3) is 10.8 Å². The van der Waals surface area contributed by atoms with E-state index in [0.717, 1.165) is 6.92 Å².